The molecule has 4 nitrogen and oxygen atoms in total. The van der Waals surface area contributed by atoms with Gasteiger partial charge in [-0.25, -0.2) is 0 Å². The molecule has 0 aromatic heterocycles. The number of hydrogen-bond donors (Lipinski definition) is 3. The molecule has 0 bridgehead atoms. The third-order valence-corrected chi connectivity index (χ3v) is 2.24. The van der Waals surface area contributed by atoms with Gasteiger partial charge in [-0.2, -0.15) is 0 Å². The Labute approximate surface area is 100 Å². The van der Waals surface area contributed by atoms with E-state index >= 15 is 0 Å². The SMILES string of the molecule is C=COP(O)O.Oc1ccc2ccccc2c1. The molecule has 0 aliphatic heterocycles. The van der Waals surface area contributed by atoms with Gasteiger partial charge in [0.15, 0.2) is 0 Å². The Kier molecular flexibility index (Phi) is 5.43. The van der Waals surface area contributed by atoms with E-state index in [4.69, 9.17) is 14.9 Å². The number of phenols is 1. The lowest BCUT2D eigenvalue weighted by atomic mass is 10.1. The molecule has 0 aliphatic carbocycles. The van der Waals surface area contributed by atoms with Crippen molar-refractivity contribution >= 4 is 19.4 Å². The molecule has 0 heterocycles. The van der Waals surface area contributed by atoms with Crippen molar-refractivity contribution in [1.29, 1.82) is 0 Å². The number of fused-ring (bicyclic) bond motifs is 1. The third-order valence-electron chi connectivity index (χ3n) is 1.90. The van der Waals surface area contributed by atoms with Crippen LogP contribution in [0.2, 0.25) is 0 Å². The van der Waals surface area contributed by atoms with E-state index in [0.29, 0.717) is 5.75 Å². The molecule has 2 rings (SSSR count). The summed E-state index contributed by atoms with van der Waals surface area (Å²) in [5, 5.41) is 11.4. The fourth-order valence-electron chi connectivity index (χ4n) is 1.24. The average Bonchev–Trinajstić information content (AvgIpc) is 2.29. The minimum Gasteiger partial charge on any atom is -0.508 e. The summed E-state index contributed by atoms with van der Waals surface area (Å²) in [5.74, 6) is 0.323. The lowest BCUT2D eigenvalue weighted by Gasteiger charge is -1.96. The molecule has 2 aromatic rings. The predicted octanol–water partition coefficient (Wildman–Crippen LogP) is 2.90. The molecular weight excluding hydrogens is 239 g/mol. The first-order valence-electron chi connectivity index (χ1n) is 4.77. The molecule has 0 fully saturated rings. The zero-order valence-corrected chi connectivity index (χ0v) is 9.92. The molecule has 0 saturated heterocycles. The van der Waals surface area contributed by atoms with Crippen molar-refractivity contribution in [3.8, 4) is 5.75 Å². The van der Waals surface area contributed by atoms with Crippen LogP contribution in [-0.4, -0.2) is 14.9 Å². The molecule has 90 valence electrons. The van der Waals surface area contributed by atoms with Gasteiger partial charge in [0.05, 0.1) is 6.26 Å². The van der Waals surface area contributed by atoms with Crippen LogP contribution in [-0.2, 0) is 4.52 Å². The van der Waals surface area contributed by atoms with Crippen LogP contribution in [0.3, 0.4) is 0 Å². The van der Waals surface area contributed by atoms with Crippen LogP contribution in [0, 0.1) is 0 Å². The molecule has 0 saturated carbocycles. The minimum absolute atomic E-state index is 0.323. The second kappa shape index (κ2) is 6.86. The third kappa shape index (κ3) is 4.83. The number of aromatic hydroxyl groups is 1. The Hall–Kier alpha value is -1.61. The summed E-state index contributed by atoms with van der Waals surface area (Å²) in [5.41, 5.74) is 0. The van der Waals surface area contributed by atoms with Crippen molar-refractivity contribution in [2.24, 2.45) is 0 Å². The van der Waals surface area contributed by atoms with Gasteiger partial charge in [0, 0.05) is 0 Å². The number of phenolic OH excluding ortho intramolecular Hbond substituents is 1. The highest BCUT2D eigenvalue weighted by Crippen LogP contribution is 2.23. The Bertz CT molecular complexity index is 485. The van der Waals surface area contributed by atoms with Gasteiger partial charge in [-0.05, 0) is 22.9 Å². The zero-order valence-electron chi connectivity index (χ0n) is 9.02. The molecule has 2 aromatic carbocycles. The Morgan fingerprint density at radius 3 is 2.24 bits per heavy atom. The molecule has 0 spiro atoms. The first-order valence-corrected chi connectivity index (χ1v) is 5.93. The molecule has 0 aliphatic rings. The number of rotatable bonds is 2. The summed E-state index contributed by atoms with van der Waals surface area (Å²) in [4.78, 5) is 15.8. The van der Waals surface area contributed by atoms with Gasteiger partial charge in [-0.15, -0.1) is 0 Å². The number of benzene rings is 2. The van der Waals surface area contributed by atoms with Crippen LogP contribution in [0.25, 0.3) is 10.8 Å². The minimum atomic E-state index is -2.22. The standard InChI is InChI=1S/C10H8O.C2H5O3P/c11-10-6-5-8-3-1-2-4-9(8)7-10;1-2-5-6(3)4/h1-7,11H;2-4H,1H2. The van der Waals surface area contributed by atoms with Gasteiger partial charge in [0.1, 0.15) is 5.75 Å². The van der Waals surface area contributed by atoms with E-state index in [-0.39, 0.29) is 0 Å². The van der Waals surface area contributed by atoms with Crippen LogP contribution < -0.4 is 0 Å². The smallest absolute Gasteiger partial charge is 0.390 e. The fraction of sp³-hybridized carbons (Fsp3) is 0. The van der Waals surface area contributed by atoms with Gasteiger partial charge in [0.2, 0.25) is 0 Å². The molecule has 0 radical (unpaired) electrons. The van der Waals surface area contributed by atoms with E-state index < -0.39 is 8.60 Å². The van der Waals surface area contributed by atoms with Crippen molar-refractivity contribution < 1.29 is 19.4 Å². The number of hydrogen-bond acceptors (Lipinski definition) is 4. The maximum atomic E-state index is 9.13. The van der Waals surface area contributed by atoms with Crippen molar-refractivity contribution in [1.82, 2.24) is 0 Å². The predicted molar refractivity (Wildman–Crippen MR) is 68.3 cm³/mol. The highest BCUT2D eigenvalue weighted by molar-refractivity contribution is 7.39. The summed E-state index contributed by atoms with van der Waals surface area (Å²) in [6.07, 6.45) is 0.978. The van der Waals surface area contributed by atoms with Crippen molar-refractivity contribution in [3.05, 3.63) is 55.3 Å². The van der Waals surface area contributed by atoms with Gasteiger partial charge >= 0.3 is 8.60 Å². The second-order valence-corrected chi connectivity index (χ2v) is 3.77. The summed E-state index contributed by atoms with van der Waals surface area (Å²) in [6.45, 7) is 3.07. The summed E-state index contributed by atoms with van der Waals surface area (Å²) in [6, 6.07) is 13.3. The highest BCUT2D eigenvalue weighted by atomic mass is 31.2. The molecule has 0 atom stereocenters. The topological polar surface area (TPSA) is 69.9 Å². The van der Waals surface area contributed by atoms with Crippen molar-refractivity contribution in [2.45, 2.75) is 0 Å². The Balaban J connectivity index is 0.000000209. The molecular formula is C12H13O4P. The van der Waals surface area contributed by atoms with Crippen molar-refractivity contribution in [2.75, 3.05) is 0 Å². The molecule has 0 unspecified atom stereocenters. The van der Waals surface area contributed by atoms with Crippen LogP contribution in [0.5, 0.6) is 5.75 Å². The van der Waals surface area contributed by atoms with Gasteiger partial charge in [0.25, 0.3) is 0 Å². The van der Waals surface area contributed by atoms with Crippen LogP contribution in [0.4, 0.5) is 0 Å². The summed E-state index contributed by atoms with van der Waals surface area (Å²) < 4.78 is 3.98. The van der Waals surface area contributed by atoms with E-state index in [0.717, 1.165) is 17.0 Å². The Morgan fingerprint density at radius 2 is 1.71 bits per heavy atom. The first kappa shape index (κ1) is 13.5. The van der Waals surface area contributed by atoms with E-state index in [1.54, 1.807) is 12.1 Å². The van der Waals surface area contributed by atoms with Crippen LogP contribution in [0.1, 0.15) is 0 Å². The van der Waals surface area contributed by atoms with Crippen LogP contribution in [0.15, 0.2) is 55.3 Å². The van der Waals surface area contributed by atoms with Crippen LogP contribution >= 0.6 is 8.60 Å². The zero-order chi connectivity index (χ0) is 12.7. The van der Waals surface area contributed by atoms with E-state index in [2.05, 4.69) is 11.1 Å². The molecule has 0 amide bonds. The normalized spacial score (nSPS) is 9.59. The van der Waals surface area contributed by atoms with Gasteiger partial charge < -0.3 is 19.4 Å². The van der Waals surface area contributed by atoms with E-state index in [1.165, 1.54) is 0 Å². The molecule has 17 heavy (non-hydrogen) atoms. The lowest BCUT2D eigenvalue weighted by Crippen LogP contribution is -1.69. The first-order chi connectivity index (χ1) is 8.13. The van der Waals surface area contributed by atoms with Gasteiger partial charge in [-0.3, -0.25) is 0 Å². The quantitative estimate of drug-likeness (QED) is 0.567. The maximum absolute atomic E-state index is 9.13. The lowest BCUT2D eigenvalue weighted by molar-refractivity contribution is 0.343. The van der Waals surface area contributed by atoms with E-state index in [9.17, 15) is 0 Å². The highest BCUT2D eigenvalue weighted by Gasteiger charge is 1.91. The second-order valence-electron chi connectivity index (χ2n) is 3.06. The largest absolute Gasteiger partial charge is 0.508 e. The monoisotopic (exact) mass is 252 g/mol. The average molecular weight is 252 g/mol. The molecule has 5 heteroatoms. The van der Waals surface area contributed by atoms with Crippen molar-refractivity contribution in [3.63, 3.8) is 0 Å². The molecule has 3 N–H and O–H groups in total. The van der Waals surface area contributed by atoms with E-state index in [1.807, 2.05) is 30.3 Å². The summed E-state index contributed by atoms with van der Waals surface area (Å²) >= 11 is 0. The van der Waals surface area contributed by atoms with Gasteiger partial charge in [-0.1, -0.05) is 36.9 Å². The Morgan fingerprint density at radius 1 is 1.06 bits per heavy atom. The summed E-state index contributed by atoms with van der Waals surface area (Å²) in [7, 11) is -2.22. The maximum Gasteiger partial charge on any atom is 0.390 e. The fourth-order valence-corrected chi connectivity index (χ4v) is 1.38.